The Morgan fingerprint density at radius 2 is 2.27 bits per heavy atom. The van der Waals surface area contributed by atoms with Crippen molar-refractivity contribution in [3.8, 4) is 0 Å². The molecule has 3 unspecified atom stereocenters. The van der Waals surface area contributed by atoms with Gasteiger partial charge in [0, 0.05) is 24.0 Å². The second-order valence-corrected chi connectivity index (χ2v) is 6.84. The molecule has 2 amide bonds. The molecular formula is C17H23ClN2O2. The van der Waals surface area contributed by atoms with Crippen molar-refractivity contribution in [1.29, 1.82) is 0 Å². The van der Waals surface area contributed by atoms with Gasteiger partial charge in [-0.25, -0.2) is 4.79 Å². The molecule has 0 spiro atoms. The Morgan fingerprint density at radius 1 is 1.45 bits per heavy atom. The second-order valence-electron chi connectivity index (χ2n) is 6.44. The Labute approximate surface area is 136 Å². The molecule has 0 aromatic heterocycles. The normalized spacial score (nSPS) is 25.7. The molecule has 1 aliphatic carbocycles. The molecule has 1 fully saturated rings. The van der Waals surface area contributed by atoms with E-state index >= 15 is 0 Å². The van der Waals surface area contributed by atoms with E-state index in [-0.39, 0.29) is 24.1 Å². The molecule has 1 saturated heterocycles. The number of nitrogens with zero attached hydrogens (tertiary/aromatic N) is 1. The highest BCUT2D eigenvalue weighted by atomic mass is 35.5. The summed E-state index contributed by atoms with van der Waals surface area (Å²) >= 11 is 6.22. The first-order chi connectivity index (χ1) is 10.6. The van der Waals surface area contributed by atoms with Crippen LogP contribution in [0.15, 0.2) is 18.2 Å². The van der Waals surface area contributed by atoms with Gasteiger partial charge in [0.1, 0.15) is 0 Å². The Morgan fingerprint density at radius 3 is 3.05 bits per heavy atom. The van der Waals surface area contributed by atoms with Gasteiger partial charge in [0.2, 0.25) is 0 Å². The van der Waals surface area contributed by atoms with E-state index in [1.54, 1.807) is 6.92 Å². The topological polar surface area (TPSA) is 52.6 Å². The molecule has 5 heteroatoms. The summed E-state index contributed by atoms with van der Waals surface area (Å²) in [6.45, 7) is 3.21. The summed E-state index contributed by atoms with van der Waals surface area (Å²) < 4.78 is 0. The predicted molar refractivity (Wildman–Crippen MR) is 87.0 cm³/mol. The van der Waals surface area contributed by atoms with Crippen molar-refractivity contribution < 1.29 is 9.90 Å². The fraction of sp³-hybridized carbons (Fsp3) is 0.588. The van der Waals surface area contributed by atoms with Gasteiger partial charge in [-0.2, -0.15) is 0 Å². The number of likely N-dealkylation sites (tertiary alicyclic amines) is 1. The van der Waals surface area contributed by atoms with Crippen LogP contribution in [-0.4, -0.2) is 35.2 Å². The van der Waals surface area contributed by atoms with Crippen LogP contribution in [-0.2, 0) is 6.42 Å². The van der Waals surface area contributed by atoms with Crippen LogP contribution in [0.1, 0.15) is 43.4 Å². The Bertz CT molecular complexity index is 562. The average Bonchev–Trinajstić information content (AvgIpc) is 2.92. The lowest BCUT2D eigenvalue weighted by Gasteiger charge is -2.34. The molecule has 3 rings (SSSR count). The molecule has 0 radical (unpaired) electrons. The molecule has 0 bridgehead atoms. The van der Waals surface area contributed by atoms with Crippen molar-refractivity contribution in [3.63, 3.8) is 0 Å². The lowest BCUT2D eigenvalue weighted by molar-refractivity contribution is 0.0733. The Kier molecular flexibility index (Phi) is 4.59. The molecule has 1 heterocycles. The molecular weight excluding hydrogens is 300 g/mol. The van der Waals surface area contributed by atoms with Gasteiger partial charge >= 0.3 is 6.03 Å². The van der Waals surface area contributed by atoms with Crippen molar-refractivity contribution >= 4 is 17.6 Å². The van der Waals surface area contributed by atoms with Crippen LogP contribution in [0.5, 0.6) is 0 Å². The number of amides is 2. The number of carbonyl (C=O) groups excluding carboxylic acids is 1. The lowest BCUT2D eigenvalue weighted by atomic mass is 9.94. The first-order valence-corrected chi connectivity index (χ1v) is 8.45. The highest BCUT2D eigenvalue weighted by molar-refractivity contribution is 6.31. The number of urea groups is 1. The number of aliphatic hydroxyl groups excluding tert-OH is 1. The molecule has 1 aliphatic heterocycles. The van der Waals surface area contributed by atoms with Gasteiger partial charge in [0.25, 0.3) is 0 Å². The fourth-order valence-electron chi connectivity index (χ4n) is 3.59. The third-order valence-corrected chi connectivity index (χ3v) is 5.29. The lowest BCUT2D eigenvalue weighted by Crippen LogP contribution is -2.48. The maximum absolute atomic E-state index is 12.5. The van der Waals surface area contributed by atoms with Gasteiger partial charge in [0.05, 0.1) is 12.1 Å². The monoisotopic (exact) mass is 322 g/mol. The third-order valence-electron chi connectivity index (χ3n) is 4.94. The molecule has 2 aliphatic rings. The van der Waals surface area contributed by atoms with E-state index in [9.17, 15) is 9.90 Å². The predicted octanol–water partition coefficient (Wildman–Crippen LogP) is 3.13. The quantitative estimate of drug-likeness (QED) is 0.879. The summed E-state index contributed by atoms with van der Waals surface area (Å²) in [6, 6.07) is 5.92. The maximum Gasteiger partial charge on any atom is 0.317 e. The van der Waals surface area contributed by atoms with Gasteiger partial charge in [-0.1, -0.05) is 23.7 Å². The first-order valence-electron chi connectivity index (χ1n) is 8.07. The molecule has 120 valence electrons. The molecule has 3 atom stereocenters. The van der Waals surface area contributed by atoms with E-state index in [2.05, 4.69) is 5.32 Å². The van der Waals surface area contributed by atoms with E-state index < -0.39 is 0 Å². The Hall–Kier alpha value is -1.26. The van der Waals surface area contributed by atoms with Crippen LogP contribution >= 0.6 is 11.6 Å². The van der Waals surface area contributed by atoms with Crippen LogP contribution in [0.3, 0.4) is 0 Å². The van der Waals surface area contributed by atoms with Crippen LogP contribution in [0, 0.1) is 5.92 Å². The van der Waals surface area contributed by atoms with E-state index in [1.165, 1.54) is 0 Å². The first kappa shape index (κ1) is 15.6. The molecule has 4 nitrogen and oxygen atoms in total. The summed E-state index contributed by atoms with van der Waals surface area (Å²) in [4.78, 5) is 14.4. The zero-order valence-corrected chi connectivity index (χ0v) is 13.6. The second kappa shape index (κ2) is 6.47. The van der Waals surface area contributed by atoms with Gasteiger partial charge in [-0.3, -0.25) is 0 Å². The van der Waals surface area contributed by atoms with Crippen molar-refractivity contribution in [2.45, 2.75) is 44.8 Å². The average molecular weight is 323 g/mol. The van der Waals surface area contributed by atoms with Gasteiger partial charge < -0.3 is 15.3 Å². The van der Waals surface area contributed by atoms with Crippen LogP contribution in [0.4, 0.5) is 4.79 Å². The number of carbonyl (C=O) groups is 1. The standard InChI is InChI=1S/C17H23ClN2O2/c1-11(21)12-4-3-9-20(10-12)17(22)19-16-8-7-13-14(16)5-2-6-15(13)18/h2,5-6,11-12,16,21H,3-4,7-10H2,1H3,(H,19,22). The largest absolute Gasteiger partial charge is 0.393 e. The maximum atomic E-state index is 12.5. The summed E-state index contributed by atoms with van der Waals surface area (Å²) in [5.74, 6) is 0.185. The van der Waals surface area contributed by atoms with E-state index in [4.69, 9.17) is 11.6 Å². The van der Waals surface area contributed by atoms with Crippen molar-refractivity contribution in [2.24, 2.45) is 5.92 Å². The SMILES string of the molecule is CC(O)C1CCCN(C(=O)NC2CCc3c(Cl)cccc32)C1. The van der Waals surface area contributed by atoms with E-state index in [1.807, 2.05) is 23.1 Å². The number of nitrogens with one attached hydrogen (secondary N) is 1. The Balaban J connectivity index is 1.65. The number of halogens is 1. The minimum absolute atomic E-state index is 0.0248. The number of fused-ring (bicyclic) bond motifs is 1. The molecule has 2 N–H and O–H groups in total. The summed E-state index contributed by atoms with van der Waals surface area (Å²) in [5.41, 5.74) is 2.31. The van der Waals surface area contributed by atoms with Crippen LogP contribution < -0.4 is 5.32 Å². The van der Waals surface area contributed by atoms with E-state index in [0.29, 0.717) is 6.54 Å². The molecule has 1 aromatic carbocycles. The number of piperidine rings is 1. The van der Waals surface area contributed by atoms with Crippen molar-refractivity contribution in [3.05, 3.63) is 34.3 Å². The van der Waals surface area contributed by atoms with Gasteiger partial charge in [-0.05, 0) is 49.8 Å². The third kappa shape index (κ3) is 3.08. The summed E-state index contributed by atoms with van der Waals surface area (Å²) in [5, 5.41) is 13.7. The molecule has 0 saturated carbocycles. The minimum Gasteiger partial charge on any atom is -0.393 e. The number of hydrogen-bond acceptors (Lipinski definition) is 2. The summed E-state index contributed by atoms with van der Waals surface area (Å²) in [7, 11) is 0. The summed E-state index contributed by atoms with van der Waals surface area (Å²) in [6.07, 6.45) is 3.40. The minimum atomic E-state index is -0.360. The van der Waals surface area contributed by atoms with Crippen LogP contribution in [0.25, 0.3) is 0 Å². The zero-order chi connectivity index (χ0) is 15.7. The fourth-order valence-corrected chi connectivity index (χ4v) is 3.86. The van der Waals surface area contributed by atoms with Crippen molar-refractivity contribution in [1.82, 2.24) is 10.2 Å². The number of aliphatic hydroxyl groups is 1. The number of benzene rings is 1. The smallest absolute Gasteiger partial charge is 0.317 e. The number of hydrogen-bond donors (Lipinski definition) is 2. The van der Waals surface area contributed by atoms with Gasteiger partial charge in [0.15, 0.2) is 0 Å². The van der Waals surface area contributed by atoms with E-state index in [0.717, 1.165) is 48.4 Å². The highest BCUT2D eigenvalue weighted by Crippen LogP contribution is 2.35. The van der Waals surface area contributed by atoms with Crippen LogP contribution in [0.2, 0.25) is 5.02 Å². The number of rotatable bonds is 2. The van der Waals surface area contributed by atoms with Gasteiger partial charge in [-0.15, -0.1) is 0 Å². The molecule has 1 aromatic rings. The zero-order valence-electron chi connectivity index (χ0n) is 12.9. The highest BCUT2D eigenvalue weighted by Gasteiger charge is 2.30. The molecule has 22 heavy (non-hydrogen) atoms. The van der Waals surface area contributed by atoms with Crippen molar-refractivity contribution in [2.75, 3.05) is 13.1 Å².